The fourth-order valence-corrected chi connectivity index (χ4v) is 2.19. The number of hydrogen-bond donors (Lipinski definition) is 0. The maximum absolute atomic E-state index is 11.7. The summed E-state index contributed by atoms with van der Waals surface area (Å²) in [6.45, 7) is 2.42. The Kier molecular flexibility index (Phi) is 3.30. The molecular weight excluding hydrogens is 249 g/mol. The molecule has 1 atom stereocenters. The molecule has 1 aromatic rings. The summed E-state index contributed by atoms with van der Waals surface area (Å²) in [6.07, 6.45) is 0.476. The first-order valence-corrected chi connectivity index (χ1v) is 5.89. The van der Waals surface area contributed by atoms with Gasteiger partial charge in [0.2, 0.25) is 11.2 Å². The lowest BCUT2D eigenvalue weighted by atomic mass is 10.1. The molecule has 1 aliphatic heterocycles. The zero-order valence-corrected chi connectivity index (χ0v) is 10.3. The van der Waals surface area contributed by atoms with E-state index in [1.54, 1.807) is 11.0 Å². The van der Waals surface area contributed by atoms with Gasteiger partial charge in [0.1, 0.15) is 5.82 Å². The van der Waals surface area contributed by atoms with E-state index in [-0.39, 0.29) is 17.1 Å². The molecule has 6 heteroatoms. The van der Waals surface area contributed by atoms with E-state index >= 15 is 0 Å². The lowest BCUT2D eigenvalue weighted by Gasteiger charge is -2.15. The minimum Gasteiger partial charge on any atom is -0.296 e. The maximum Gasteiger partial charge on any atom is 0.228 e. The molecule has 0 bridgehead atoms. The molecule has 1 amide bonds. The van der Waals surface area contributed by atoms with Crippen LogP contribution < -0.4 is 4.90 Å². The molecule has 16 heavy (non-hydrogen) atoms. The van der Waals surface area contributed by atoms with Crippen molar-refractivity contribution in [1.82, 2.24) is 9.97 Å². The number of anilines is 1. The standard InChI is InChI=1S/C10H11Cl2N3O/c1-6-2-8(14-10(12)13-6)15-5-7(4-11)3-9(15)16/h2,7H,3-5H2,1H3. The summed E-state index contributed by atoms with van der Waals surface area (Å²) in [5.41, 5.74) is 0.747. The lowest BCUT2D eigenvalue weighted by molar-refractivity contribution is -0.117. The zero-order valence-electron chi connectivity index (χ0n) is 8.78. The highest BCUT2D eigenvalue weighted by molar-refractivity contribution is 6.28. The maximum atomic E-state index is 11.7. The highest BCUT2D eigenvalue weighted by Crippen LogP contribution is 2.25. The van der Waals surface area contributed by atoms with Gasteiger partial charge in [0.15, 0.2) is 0 Å². The fraction of sp³-hybridized carbons (Fsp3) is 0.500. The van der Waals surface area contributed by atoms with Crippen molar-refractivity contribution >= 4 is 34.9 Å². The van der Waals surface area contributed by atoms with Crippen molar-refractivity contribution in [3.05, 3.63) is 17.0 Å². The summed E-state index contributed by atoms with van der Waals surface area (Å²) >= 11 is 11.5. The third kappa shape index (κ3) is 2.28. The first-order valence-electron chi connectivity index (χ1n) is 4.97. The Balaban J connectivity index is 2.27. The van der Waals surface area contributed by atoms with Gasteiger partial charge in [-0.3, -0.25) is 9.69 Å². The molecule has 0 radical (unpaired) electrons. The molecule has 0 saturated carbocycles. The smallest absolute Gasteiger partial charge is 0.228 e. The number of carbonyl (C=O) groups excluding carboxylic acids is 1. The van der Waals surface area contributed by atoms with Crippen LogP contribution >= 0.6 is 23.2 Å². The average molecular weight is 260 g/mol. The van der Waals surface area contributed by atoms with E-state index in [2.05, 4.69) is 9.97 Å². The van der Waals surface area contributed by atoms with E-state index < -0.39 is 0 Å². The van der Waals surface area contributed by atoms with Crippen LogP contribution in [0.3, 0.4) is 0 Å². The Morgan fingerprint density at radius 1 is 1.56 bits per heavy atom. The van der Waals surface area contributed by atoms with Gasteiger partial charge in [0, 0.05) is 30.6 Å². The van der Waals surface area contributed by atoms with Gasteiger partial charge in [-0.25, -0.2) is 9.97 Å². The summed E-state index contributed by atoms with van der Waals surface area (Å²) < 4.78 is 0. The Hall–Kier alpha value is -0.870. The van der Waals surface area contributed by atoms with Crippen molar-refractivity contribution in [2.75, 3.05) is 17.3 Å². The molecule has 1 aromatic heterocycles. The number of amides is 1. The van der Waals surface area contributed by atoms with Crippen molar-refractivity contribution in [1.29, 1.82) is 0 Å². The van der Waals surface area contributed by atoms with Gasteiger partial charge >= 0.3 is 0 Å². The molecule has 1 fully saturated rings. The fourth-order valence-electron chi connectivity index (χ4n) is 1.76. The lowest BCUT2D eigenvalue weighted by Crippen LogP contribution is -2.26. The predicted molar refractivity (Wildman–Crippen MR) is 63.0 cm³/mol. The Bertz CT molecular complexity index is 404. The predicted octanol–water partition coefficient (Wildman–Crippen LogP) is 2.03. The number of carbonyl (C=O) groups is 1. The second-order valence-corrected chi connectivity index (χ2v) is 4.51. The van der Waals surface area contributed by atoms with Gasteiger partial charge in [0.05, 0.1) is 0 Å². The SMILES string of the molecule is Cc1cc(N2CC(CCl)CC2=O)nc(Cl)n1. The number of rotatable bonds is 2. The van der Waals surface area contributed by atoms with Gasteiger partial charge in [-0.15, -0.1) is 11.6 Å². The minimum atomic E-state index is 0.0415. The van der Waals surface area contributed by atoms with E-state index in [9.17, 15) is 4.79 Å². The van der Waals surface area contributed by atoms with E-state index in [0.717, 1.165) is 5.69 Å². The zero-order chi connectivity index (χ0) is 11.7. The van der Waals surface area contributed by atoms with Gasteiger partial charge in [-0.05, 0) is 24.4 Å². The molecule has 1 saturated heterocycles. The van der Waals surface area contributed by atoms with Crippen molar-refractivity contribution in [3.8, 4) is 0 Å². The third-order valence-corrected chi connectivity index (χ3v) is 3.12. The highest BCUT2D eigenvalue weighted by Gasteiger charge is 2.31. The van der Waals surface area contributed by atoms with Crippen LogP contribution in [0.15, 0.2) is 6.07 Å². The van der Waals surface area contributed by atoms with Crippen LogP contribution in [0.5, 0.6) is 0 Å². The van der Waals surface area contributed by atoms with Crippen LogP contribution in [0.2, 0.25) is 5.28 Å². The number of aromatic nitrogens is 2. The first kappa shape index (κ1) is 11.6. The largest absolute Gasteiger partial charge is 0.296 e. The molecule has 4 nitrogen and oxygen atoms in total. The van der Waals surface area contributed by atoms with Gasteiger partial charge < -0.3 is 0 Å². The summed E-state index contributed by atoms with van der Waals surface area (Å²) in [5, 5.41) is 0.164. The highest BCUT2D eigenvalue weighted by atomic mass is 35.5. The summed E-state index contributed by atoms with van der Waals surface area (Å²) in [5.74, 6) is 1.29. The molecule has 1 aliphatic rings. The average Bonchev–Trinajstić information content (AvgIpc) is 2.58. The number of halogens is 2. The Morgan fingerprint density at radius 2 is 2.31 bits per heavy atom. The van der Waals surface area contributed by atoms with Gasteiger partial charge in [-0.2, -0.15) is 0 Å². The van der Waals surface area contributed by atoms with E-state index in [0.29, 0.717) is 24.7 Å². The Labute approximate surface area is 104 Å². The van der Waals surface area contributed by atoms with Crippen LogP contribution in [0, 0.1) is 12.8 Å². The van der Waals surface area contributed by atoms with Crippen LogP contribution in [-0.2, 0) is 4.79 Å². The number of nitrogens with zero attached hydrogens (tertiary/aromatic N) is 3. The Morgan fingerprint density at radius 3 is 2.88 bits per heavy atom. The van der Waals surface area contributed by atoms with Gasteiger partial charge in [-0.1, -0.05) is 0 Å². The van der Waals surface area contributed by atoms with Crippen molar-refractivity contribution in [3.63, 3.8) is 0 Å². The second kappa shape index (κ2) is 4.55. The summed E-state index contributed by atoms with van der Waals surface area (Å²) in [4.78, 5) is 21.4. The normalized spacial score (nSPS) is 20.6. The number of hydrogen-bond acceptors (Lipinski definition) is 3. The summed E-state index contributed by atoms with van der Waals surface area (Å²) in [6, 6.07) is 1.75. The third-order valence-electron chi connectivity index (χ3n) is 2.51. The first-order chi connectivity index (χ1) is 7.60. The topological polar surface area (TPSA) is 46.1 Å². The minimum absolute atomic E-state index is 0.0415. The van der Waals surface area contributed by atoms with E-state index in [1.165, 1.54) is 0 Å². The van der Waals surface area contributed by atoms with Crippen molar-refractivity contribution in [2.24, 2.45) is 5.92 Å². The van der Waals surface area contributed by atoms with Crippen LogP contribution in [0.25, 0.3) is 0 Å². The van der Waals surface area contributed by atoms with Crippen LogP contribution in [0.1, 0.15) is 12.1 Å². The van der Waals surface area contributed by atoms with Crippen LogP contribution in [-0.4, -0.2) is 28.3 Å². The molecule has 86 valence electrons. The second-order valence-electron chi connectivity index (χ2n) is 3.87. The van der Waals surface area contributed by atoms with E-state index in [4.69, 9.17) is 23.2 Å². The molecule has 1 unspecified atom stereocenters. The number of aryl methyl sites for hydroxylation is 1. The molecule has 0 N–H and O–H groups in total. The molecule has 2 heterocycles. The van der Waals surface area contributed by atoms with Crippen molar-refractivity contribution < 1.29 is 4.79 Å². The van der Waals surface area contributed by atoms with E-state index in [1.807, 2.05) is 6.92 Å². The molecule has 2 rings (SSSR count). The van der Waals surface area contributed by atoms with Gasteiger partial charge in [0.25, 0.3) is 0 Å². The quantitative estimate of drug-likeness (QED) is 0.603. The summed E-state index contributed by atoms with van der Waals surface area (Å²) in [7, 11) is 0. The van der Waals surface area contributed by atoms with Crippen LogP contribution in [0.4, 0.5) is 5.82 Å². The molecule has 0 spiro atoms. The number of alkyl halides is 1. The molecule has 0 aliphatic carbocycles. The van der Waals surface area contributed by atoms with Crippen molar-refractivity contribution in [2.45, 2.75) is 13.3 Å². The molecule has 0 aromatic carbocycles. The molecular formula is C10H11Cl2N3O. The monoisotopic (exact) mass is 259 g/mol.